The highest BCUT2D eigenvalue weighted by atomic mass is 16.1. The molecule has 0 radical (unpaired) electrons. The van der Waals surface area contributed by atoms with Crippen molar-refractivity contribution >= 4 is 5.78 Å². The van der Waals surface area contributed by atoms with Crippen LogP contribution in [-0.4, -0.2) is 5.78 Å². The van der Waals surface area contributed by atoms with Gasteiger partial charge in [0.2, 0.25) is 0 Å². The van der Waals surface area contributed by atoms with Gasteiger partial charge in [-0.05, 0) is 74.0 Å². The molecule has 0 heterocycles. The molecule has 1 nitrogen and oxygen atoms in total. The summed E-state index contributed by atoms with van der Waals surface area (Å²) >= 11 is 0. The fourth-order valence-corrected chi connectivity index (χ4v) is 6.52. The standard InChI is InChI=1S/C20H30O/c1-13-8-10-19(2)14(12-13)4-5-15-16-6-7-18(21)20(16,3)11-9-17(15)19/h9,13-16H,4-8,10-12H2,1-3H3/t13-,14-,15?,16?,19+,20+/m1/s1. The largest absolute Gasteiger partial charge is 0.299 e. The molecule has 1 heteroatoms. The Bertz CT molecular complexity index is 504. The van der Waals surface area contributed by atoms with Gasteiger partial charge in [-0.15, -0.1) is 0 Å². The predicted molar refractivity (Wildman–Crippen MR) is 85.9 cm³/mol. The summed E-state index contributed by atoms with van der Waals surface area (Å²) < 4.78 is 0. The van der Waals surface area contributed by atoms with Gasteiger partial charge in [0.25, 0.3) is 0 Å². The number of Topliss-reactive ketones (excluding diaryl/α,β-unsaturated/α-hetero) is 1. The van der Waals surface area contributed by atoms with E-state index in [4.69, 9.17) is 0 Å². The van der Waals surface area contributed by atoms with Crippen molar-refractivity contribution in [2.24, 2.45) is 34.5 Å². The number of allylic oxidation sites excluding steroid dienone is 2. The van der Waals surface area contributed by atoms with E-state index in [9.17, 15) is 4.79 Å². The molecule has 4 aliphatic carbocycles. The van der Waals surface area contributed by atoms with Gasteiger partial charge in [-0.1, -0.05) is 32.4 Å². The summed E-state index contributed by atoms with van der Waals surface area (Å²) in [4.78, 5) is 12.4. The monoisotopic (exact) mass is 286 g/mol. The van der Waals surface area contributed by atoms with E-state index in [1.165, 1.54) is 32.1 Å². The van der Waals surface area contributed by atoms with Crippen LogP contribution in [0.15, 0.2) is 11.6 Å². The van der Waals surface area contributed by atoms with Gasteiger partial charge in [0.15, 0.2) is 0 Å². The zero-order valence-corrected chi connectivity index (χ0v) is 14.0. The average molecular weight is 286 g/mol. The Balaban J connectivity index is 1.71. The molecule has 3 fully saturated rings. The maximum absolute atomic E-state index is 12.4. The minimum atomic E-state index is -0.0146. The van der Waals surface area contributed by atoms with Crippen LogP contribution < -0.4 is 0 Å². The lowest BCUT2D eigenvalue weighted by atomic mass is 9.49. The number of carbonyl (C=O) groups excluding carboxylic acids is 1. The molecule has 0 saturated heterocycles. The molecular formula is C20H30O. The summed E-state index contributed by atoms with van der Waals surface area (Å²) in [6.07, 6.45) is 12.5. The van der Waals surface area contributed by atoms with Crippen molar-refractivity contribution < 1.29 is 4.79 Å². The second kappa shape index (κ2) is 4.46. The van der Waals surface area contributed by atoms with Crippen molar-refractivity contribution in [3.8, 4) is 0 Å². The van der Waals surface area contributed by atoms with E-state index in [-0.39, 0.29) is 5.41 Å². The van der Waals surface area contributed by atoms with E-state index in [0.717, 1.165) is 37.0 Å². The van der Waals surface area contributed by atoms with Crippen molar-refractivity contribution in [2.45, 2.75) is 72.1 Å². The maximum Gasteiger partial charge on any atom is 0.139 e. The van der Waals surface area contributed by atoms with Crippen LogP contribution in [0.4, 0.5) is 0 Å². The van der Waals surface area contributed by atoms with Crippen LogP contribution in [0.2, 0.25) is 0 Å². The lowest BCUT2D eigenvalue weighted by Crippen LogP contribution is -2.47. The van der Waals surface area contributed by atoms with Gasteiger partial charge in [-0.25, -0.2) is 0 Å². The Morgan fingerprint density at radius 3 is 2.71 bits per heavy atom. The molecule has 0 aromatic carbocycles. The molecule has 0 aromatic rings. The van der Waals surface area contributed by atoms with Crippen molar-refractivity contribution in [1.29, 1.82) is 0 Å². The average Bonchev–Trinajstić information content (AvgIpc) is 2.76. The lowest BCUT2D eigenvalue weighted by Gasteiger charge is -2.56. The quantitative estimate of drug-likeness (QED) is 0.562. The van der Waals surface area contributed by atoms with Gasteiger partial charge in [0, 0.05) is 11.8 Å². The molecule has 2 unspecified atom stereocenters. The van der Waals surface area contributed by atoms with Gasteiger partial charge in [0.1, 0.15) is 5.78 Å². The zero-order chi connectivity index (χ0) is 14.8. The smallest absolute Gasteiger partial charge is 0.139 e. The summed E-state index contributed by atoms with van der Waals surface area (Å²) in [6.45, 7) is 7.26. The first-order valence-electron chi connectivity index (χ1n) is 9.19. The second-order valence-corrected chi connectivity index (χ2v) is 9.03. The SMILES string of the molecule is C[C@@H]1CC[C@]2(C)C3=CC[C@]4(C)C(=O)CCC4C3CC[C@@H]2C1. The molecule has 6 atom stereocenters. The van der Waals surface area contributed by atoms with Crippen LogP contribution in [0.3, 0.4) is 0 Å². The molecule has 0 spiro atoms. The topological polar surface area (TPSA) is 17.1 Å². The van der Waals surface area contributed by atoms with Gasteiger partial charge in [-0.2, -0.15) is 0 Å². The first-order chi connectivity index (χ1) is 9.95. The minimum absolute atomic E-state index is 0.0146. The van der Waals surface area contributed by atoms with E-state index in [2.05, 4.69) is 26.8 Å². The highest BCUT2D eigenvalue weighted by Crippen LogP contribution is 2.63. The van der Waals surface area contributed by atoms with E-state index >= 15 is 0 Å². The van der Waals surface area contributed by atoms with Crippen molar-refractivity contribution in [3.05, 3.63) is 11.6 Å². The highest BCUT2D eigenvalue weighted by molar-refractivity contribution is 5.87. The van der Waals surface area contributed by atoms with Crippen LogP contribution in [0, 0.1) is 34.5 Å². The third-order valence-corrected chi connectivity index (χ3v) is 8.00. The number of ketones is 1. The fraction of sp³-hybridized carbons (Fsp3) is 0.850. The highest BCUT2D eigenvalue weighted by Gasteiger charge is 2.56. The van der Waals surface area contributed by atoms with Crippen LogP contribution in [0.1, 0.15) is 72.1 Å². The number of carbonyl (C=O) groups is 1. The van der Waals surface area contributed by atoms with Gasteiger partial charge in [0.05, 0.1) is 0 Å². The first kappa shape index (κ1) is 14.0. The third kappa shape index (κ3) is 1.79. The molecule has 4 rings (SSSR count). The second-order valence-electron chi connectivity index (χ2n) is 9.03. The molecule has 4 aliphatic rings. The number of fused-ring (bicyclic) bond motifs is 5. The Kier molecular flexibility index (Phi) is 2.98. The van der Waals surface area contributed by atoms with Crippen LogP contribution >= 0.6 is 0 Å². The summed E-state index contributed by atoms with van der Waals surface area (Å²) in [7, 11) is 0. The molecule has 0 N–H and O–H groups in total. The predicted octanol–water partition coefficient (Wildman–Crippen LogP) is 5.15. The Morgan fingerprint density at radius 1 is 1.10 bits per heavy atom. The minimum Gasteiger partial charge on any atom is -0.299 e. The third-order valence-electron chi connectivity index (χ3n) is 8.00. The van der Waals surface area contributed by atoms with Crippen LogP contribution in [0.5, 0.6) is 0 Å². The van der Waals surface area contributed by atoms with Crippen molar-refractivity contribution in [2.75, 3.05) is 0 Å². The first-order valence-corrected chi connectivity index (χ1v) is 9.19. The van der Waals surface area contributed by atoms with Gasteiger partial charge in [-0.3, -0.25) is 4.79 Å². The van der Waals surface area contributed by atoms with E-state index in [1.54, 1.807) is 5.57 Å². The Hall–Kier alpha value is -0.590. The van der Waals surface area contributed by atoms with Crippen molar-refractivity contribution in [1.82, 2.24) is 0 Å². The lowest BCUT2D eigenvalue weighted by molar-refractivity contribution is -0.127. The Labute approximate surface area is 129 Å². The molecular weight excluding hydrogens is 256 g/mol. The summed E-state index contributed by atoms with van der Waals surface area (Å²) in [5.41, 5.74) is 2.23. The summed E-state index contributed by atoms with van der Waals surface area (Å²) in [5.74, 6) is 3.76. The molecule has 0 aliphatic heterocycles. The summed E-state index contributed by atoms with van der Waals surface area (Å²) in [5, 5.41) is 0. The number of hydrogen-bond donors (Lipinski definition) is 0. The molecule has 3 saturated carbocycles. The van der Waals surface area contributed by atoms with E-state index in [1.807, 2.05) is 0 Å². The molecule has 21 heavy (non-hydrogen) atoms. The Morgan fingerprint density at radius 2 is 1.90 bits per heavy atom. The molecule has 0 amide bonds. The molecule has 0 aromatic heterocycles. The van der Waals surface area contributed by atoms with Gasteiger partial charge >= 0.3 is 0 Å². The number of hydrogen-bond acceptors (Lipinski definition) is 1. The van der Waals surface area contributed by atoms with E-state index < -0.39 is 0 Å². The number of rotatable bonds is 0. The van der Waals surface area contributed by atoms with Gasteiger partial charge < -0.3 is 0 Å². The fourth-order valence-electron chi connectivity index (χ4n) is 6.52. The summed E-state index contributed by atoms with van der Waals surface area (Å²) in [6, 6.07) is 0. The molecule has 116 valence electrons. The van der Waals surface area contributed by atoms with Crippen LogP contribution in [-0.2, 0) is 4.79 Å². The maximum atomic E-state index is 12.4. The normalized spacial score (nSPS) is 52.7. The van der Waals surface area contributed by atoms with E-state index in [0.29, 0.717) is 17.1 Å². The van der Waals surface area contributed by atoms with Crippen molar-refractivity contribution in [3.63, 3.8) is 0 Å². The zero-order valence-electron chi connectivity index (χ0n) is 14.0. The molecule has 0 bridgehead atoms. The van der Waals surface area contributed by atoms with Crippen LogP contribution in [0.25, 0.3) is 0 Å².